The van der Waals surface area contributed by atoms with Crippen LogP contribution in [0.15, 0.2) is 54.6 Å². The SMILES string of the molecule is COc1ccc2c(OC3CC4C(=O)N(S(=O)(=O)C5CC5)CC(C)CCCCCCCC(CC(=O)N5CCCCC5)C(=O)N4C3)cc(-c3ccccc3)nc2c1. The number of likely N-dealkylation sites (tertiary alicyclic amines) is 1. The molecule has 296 valence electrons. The first-order valence-corrected chi connectivity index (χ1v) is 22.0. The number of fused-ring (bicyclic) bond motifs is 2. The van der Waals surface area contributed by atoms with E-state index in [1.165, 1.54) is 0 Å². The number of amides is 3. The fourth-order valence-electron chi connectivity index (χ4n) is 8.55. The first-order chi connectivity index (χ1) is 26.6. The summed E-state index contributed by atoms with van der Waals surface area (Å²) in [4.78, 5) is 51.7. The average molecular weight is 773 g/mol. The van der Waals surface area contributed by atoms with Crippen molar-refractivity contribution in [3.05, 3.63) is 54.6 Å². The Balaban J connectivity index is 1.25. The summed E-state index contributed by atoms with van der Waals surface area (Å²) in [5.41, 5.74) is 2.27. The molecule has 0 bridgehead atoms. The Kier molecular flexibility index (Phi) is 12.3. The maximum atomic E-state index is 14.9. The van der Waals surface area contributed by atoms with Crippen molar-refractivity contribution < 1.29 is 32.3 Å². The number of carbonyl (C=O) groups excluding carboxylic acids is 3. The molecule has 55 heavy (non-hydrogen) atoms. The second-order valence-electron chi connectivity index (χ2n) is 16.1. The fourth-order valence-corrected chi connectivity index (χ4v) is 10.5. The van der Waals surface area contributed by atoms with Gasteiger partial charge in [-0.05, 0) is 63.0 Å². The van der Waals surface area contributed by atoms with Gasteiger partial charge in [0.1, 0.15) is 23.6 Å². The number of sulfonamides is 1. The summed E-state index contributed by atoms with van der Waals surface area (Å²) in [7, 11) is -2.31. The van der Waals surface area contributed by atoms with E-state index in [0.29, 0.717) is 55.1 Å². The Bertz CT molecular complexity index is 1950. The highest BCUT2D eigenvalue weighted by Crippen LogP contribution is 2.38. The molecule has 7 rings (SSSR count). The summed E-state index contributed by atoms with van der Waals surface area (Å²) < 4.78 is 41.4. The number of rotatable bonds is 8. The molecule has 3 aromatic rings. The van der Waals surface area contributed by atoms with Crippen LogP contribution in [-0.2, 0) is 24.4 Å². The molecule has 0 spiro atoms. The van der Waals surface area contributed by atoms with Crippen LogP contribution in [0, 0.1) is 11.8 Å². The van der Waals surface area contributed by atoms with Gasteiger partial charge in [-0.25, -0.2) is 17.7 Å². The number of pyridine rings is 1. The van der Waals surface area contributed by atoms with E-state index in [0.717, 1.165) is 73.0 Å². The van der Waals surface area contributed by atoms with Gasteiger partial charge in [-0.3, -0.25) is 14.4 Å². The summed E-state index contributed by atoms with van der Waals surface area (Å²) in [5.74, 6) is -0.293. The standard InChI is InChI=1S/C43H56N4O7S/c1-30-14-8-4-3-5-9-17-32(24-41(48)45-22-12-7-13-23-45)42(49)46-29-34(26-39(46)43(50)47(28-30)55(51,52)35-19-20-35)54-40-27-37(31-15-10-6-11-16-31)44-38-25-33(53-2)18-21-36(38)40/h6,10-11,15-16,18,21,25,27,30,32,34-35,39H,3-5,7-9,12-14,17,19-20,22-24,26,28-29H2,1-2H3. The number of piperidine rings is 1. The van der Waals surface area contributed by atoms with E-state index in [9.17, 15) is 22.8 Å². The van der Waals surface area contributed by atoms with Gasteiger partial charge in [-0.2, -0.15) is 0 Å². The molecule has 4 heterocycles. The Labute approximate surface area is 325 Å². The number of hydrogen-bond donors (Lipinski definition) is 0. The average Bonchev–Trinajstić information content (AvgIpc) is 3.99. The molecule has 1 aromatic heterocycles. The number of nitrogens with zero attached hydrogens (tertiary/aromatic N) is 4. The fraction of sp³-hybridized carbons (Fsp3) is 0.581. The molecule has 1 aliphatic carbocycles. The smallest absolute Gasteiger partial charge is 0.258 e. The van der Waals surface area contributed by atoms with Crippen LogP contribution < -0.4 is 9.47 Å². The van der Waals surface area contributed by atoms with Gasteiger partial charge < -0.3 is 19.3 Å². The molecule has 4 fully saturated rings. The zero-order chi connectivity index (χ0) is 38.5. The van der Waals surface area contributed by atoms with Gasteiger partial charge in [0, 0.05) is 61.5 Å². The summed E-state index contributed by atoms with van der Waals surface area (Å²) >= 11 is 0. The molecule has 1 saturated carbocycles. The second-order valence-corrected chi connectivity index (χ2v) is 18.3. The Morgan fingerprint density at radius 3 is 2.27 bits per heavy atom. The van der Waals surface area contributed by atoms with Crippen molar-refractivity contribution in [3.63, 3.8) is 0 Å². The van der Waals surface area contributed by atoms with Crippen molar-refractivity contribution in [1.82, 2.24) is 19.1 Å². The summed E-state index contributed by atoms with van der Waals surface area (Å²) in [6.45, 7) is 3.60. The molecule has 11 nitrogen and oxygen atoms in total. The summed E-state index contributed by atoms with van der Waals surface area (Å²) in [5, 5.41) is 0.175. The van der Waals surface area contributed by atoms with Crippen molar-refractivity contribution in [2.24, 2.45) is 11.8 Å². The molecule has 0 radical (unpaired) electrons. The monoisotopic (exact) mass is 772 g/mol. The van der Waals surface area contributed by atoms with E-state index in [1.807, 2.05) is 66.4 Å². The number of benzene rings is 2. The minimum Gasteiger partial charge on any atom is -0.497 e. The van der Waals surface area contributed by atoms with Crippen molar-refractivity contribution in [3.8, 4) is 22.8 Å². The molecule has 3 aliphatic heterocycles. The van der Waals surface area contributed by atoms with E-state index in [-0.39, 0.29) is 43.7 Å². The van der Waals surface area contributed by atoms with Crippen LogP contribution in [0.3, 0.4) is 0 Å². The minimum absolute atomic E-state index is 0.0216. The molecular formula is C43H56N4O7S. The molecule has 3 amide bonds. The Morgan fingerprint density at radius 1 is 0.836 bits per heavy atom. The molecule has 12 heteroatoms. The highest BCUT2D eigenvalue weighted by Gasteiger charge is 2.49. The maximum Gasteiger partial charge on any atom is 0.258 e. The van der Waals surface area contributed by atoms with Crippen LogP contribution in [0.4, 0.5) is 0 Å². The largest absolute Gasteiger partial charge is 0.497 e. The summed E-state index contributed by atoms with van der Waals surface area (Å²) in [6, 6.07) is 16.2. The number of carbonyl (C=O) groups is 3. The first kappa shape index (κ1) is 39.1. The number of ether oxygens (including phenoxy) is 2. The third-order valence-corrected chi connectivity index (χ3v) is 14.1. The predicted octanol–water partition coefficient (Wildman–Crippen LogP) is 6.98. The number of methoxy groups -OCH3 is 1. The normalized spacial score (nSPS) is 24.9. The highest BCUT2D eigenvalue weighted by atomic mass is 32.2. The lowest BCUT2D eigenvalue weighted by Crippen LogP contribution is -2.53. The van der Waals surface area contributed by atoms with Crippen LogP contribution in [0.1, 0.15) is 96.8 Å². The molecule has 0 N–H and O–H groups in total. The van der Waals surface area contributed by atoms with Gasteiger partial charge in [-0.1, -0.05) is 69.4 Å². The number of aromatic nitrogens is 1. The molecule has 2 aromatic carbocycles. The predicted molar refractivity (Wildman–Crippen MR) is 212 cm³/mol. The quantitative estimate of drug-likeness (QED) is 0.240. The van der Waals surface area contributed by atoms with Crippen LogP contribution in [0.2, 0.25) is 0 Å². The first-order valence-electron chi connectivity index (χ1n) is 20.5. The molecule has 4 atom stereocenters. The van der Waals surface area contributed by atoms with E-state index in [4.69, 9.17) is 14.5 Å². The molecular weight excluding hydrogens is 717 g/mol. The van der Waals surface area contributed by atoms with E-state index >= 15 is 0 Å². The highest BCUT2D eigenvalue weighted by molar-refractivity contribution is 7.90. The summed E-state index contributed by atoms with van der Waals surface area (Å²) in [6.07, 6.45) is 9.76. The van der Waals surface area contributed by atoms with Crippen molar-refractivity contribution in [2.75, 3.05) is 33.3 Å². The minimum atomic E-state index is -3.91. The Hall–Kier alpha value is -4.19. The van der Waals surface area contributed by atoms with Crippen LogP contribution in [0.25, 0.3) is 22.2 Å². The van der Waals surface area contributed by atoms with Crippen molar-refractivity contribution in [2.45, 2.75) is 114 Å². The molecule has 4 unspecified atom stereocenters. The lowest BCUT2D eigenvalue weighted by Gasteiger charge is -2.33. The molecule has 4 aliphatic rings. The van der Waals surface area contributed by atoms with Crippen molar-refractivity contribution in [1.29, 1.82) is 0 Å². The zero-order valence-electron chi connectivity index (χ0n) is 32.4. The van der Waals surface area contributed by atoms with Gasteiger partial charge in [-0.15, -0.1) is 0 Å². The zero-order valence-corrected chi connectivity index (χ0v) is 33.2. The van der Waals surface area contributed by atoms with Crippen LogP contribution >= 0.6 is 0 Å². The third kappa shape index (κ3) is 9.11. The second kappa shape index (κ2) is 17.3. The van der Waals surface area contributed by atoms with E-state index in [2.05, 4.69) is 0 Å². The van der Waals surface area contributed by atoms with Crippen LogP contribution in [0.5, 0.6) is 11.5 Å². The topological polar surface area (TPSA) is 126 Å². The van der Waals surface area contributed by atoms with E-state index < -0.39 is 39.2 Å². The van der Waals surface area contributed by atoms with Gasteiger partial charge >= 0.3 is 0 Å². The van der Waals surface area contributed by atoms with Gasteiger partial charge in [0.05, 0.1) is 30.1 Å². The van der Waals surface area contributed by atoms with Gasteiger partial charge in [0.15, 0.2) is 0 Å². The molecule has 3 saturated heterocycles. The van der Waals surface area contributed by atoms with Gasteiger partial charge in [0.25, 0.3) is 5.91 Å². The van der Waals surface area contributed by atoms with Crippen molar-refractivity contribution >= 4 is 38.6 Å². The lowest BCUT2D eigenvalue weighted by molar-refractivity contribution is -0.146. The number of hydrogen-bond acceptors (Lipinski definition) is 8. The maximum absolute atomic E-state index is 14.9. The Morgan fingerprint density at radius 2 is 1.55 bits per heavy atom. The third-order valence-electron chi connectivity index (χ3n) is 11.9. The lowest BCUT2D eigenvalue weighted by atomic mass is 9.94. The van der Waals surface area contributed by atoms with Gasteiger partial charge in [0.2, 0.25) is 21.8 Å². The van der Waals surface area contributed by atoms with Crippen LogP contribution in [-0.4, -0.2) is 95.9 Å². The van der Waals surface area contributed by atoms with E-state index in [1.54, 1.807) is 12.0 Å².